The van der Waals surface area contributed by atoms with Crippen LogP contribution in [0.4, 0.5) is 5.69 Å². The molecule has 2 fully saturated rings. The molecule has 0 amide bonds. The molecular formula is C36H43NO4. The van der Waals surface area contributed by atoms with Gasteiger partial charge in [-0.15, -0.1) is 0 Å². The van der Waals surface area contributed by atoms with E-state index in [9.17, 15) is 15.3 Å². The van der Waals surface area contributed by atoms with Crippen molar-refractivity contribution in [3.8, 4) is 5.75 Å². The van der Waals surface area contributed by atoms with Crippen LogP contribution in [-0.2, 0) is 11.8 Å². The molecular weight excluding hydrogens is 510 g/mol. The van der Waals surface area contributed by atoms with Crippen LogP contribution in [-0.4, -0.2) is 35.1 Å². The van der Waals surface area contributed by atoms with Crippen LogP contribution >= 0.6 is 0 Å². The first-order valence-electron chi connectivity index (χ1n) is 15.5. The number of hydrogen-bond acceptors (Lipinski definition) is 5. The van der Waals surface area contributed by atoms with Gasteiger partial charge in [0.05, 0.1) is 17.7 Å². The number of rotatable bonds is 10. The number of allylic oxidation sites excluding steroid dienone is 1. The van der Waals surface area contributed by atoms with Crippen molar-refractivity contribution < 1.29 is 20.1 Å². The summed E-state index contributed by atoms with van der Waals surface area (Å²) < 4.78 is 6.30. The Kier molecular flexibility index (Phi) is 8.36. The van der Waals surface area contributed by atoms with Crippen LogP contribution in [0.3, 0.4) is 0 Å². The first kappa shape index (κ1) is 27.9. The second kappa shape index (κ2) is 12.3. The minimum atomic E-state index is -0.843. The minimum absolute atomic E-state index is 0.0761. The summed E-state index contributed by atoms with van der Waals surface area (Å²) >= 11 is 0. The first-order chi connectivity index (χ1) is 20.2. The number of anilines is 1. The van der Waals surface area contributed by atoms with Gasteiger partial charge in [0.1, 0.15) is 18.6 Å². The summed E-state index contributed by atoms with van der Waals surface area (Å²) in [5.41, 5.74) is 7.83. The van der Waals surface area contributed by atoms with Crippen molar-refractivity contribution >= 4 is 5.69 Å². The fraction of sp³-hybridized carbons (Fsp3) is 0.444. The number of para-hydroxylation sites is 1. The standard InChI is InChI=1S/C36H43NO4/c38-19-7-12-27-15-16-28(25-8-1-2-9-25)22-31(27)36(30-13-5-6-14-33(30)37-35(36)24-40)32-23-29(26-10-3-4-11-26)17-18-34(32)41-21-20-39/h5-6,13-18,22-26,37-40H,1-4,7-12,19-21H2. The SMILES string of the molecule is OC=C1Nc2ccccc2C1(c1cc(C2CCCC2)ccc1CCCO)c1cc(C2CCCC2)ccc1OCCO. The van der Waals surface area contributed by atoms with Crippen molar-refractivity contribution in [1.82, 2.24) is 0 Å². The summed E-state index contributed by atoms with van der Waals surface area (Å²) in [5, 5.41) is 34.1. The number of aliphatic hydroxyl groups is 3. The third kappa shape index (κ3) is 5.04. The molecule has 1 unspecified atom stereocenters. The van der Waals surface area contributed by atoms with Crippen molar-refractivity contribution in [2.24, 2.45) is 0 Å². The molecule has 2 aliphatic carbocycles. The highest BCUT2D eigenvalue weighted by Gasteiger charge is 2.50. The predicted octanol–water partition coefficient (Wildman–Crippen LogP) is 7.46. The number of ether oxygens (including phenoxy) is 1. The van der Waals surface area contributed by atoms with Crippen LogP contribution < -0.4 is 10.1 Å². The Bertz CT molecular complexity index is 1310. The van der Waals surface area contributed by atoms with Crippen LogP contribution in [0.1, 0.15) is 103 Å². The van der Waals surface area contributed by atoms with E-state index >= 15 is 0 Å². The maximum absolute atomic E-state index is 10.9. The van der Waals surface area contributed by atoms with E-state index in [2.05, 4.69) is 59.9 Å². The molecule has 1 atom stereocenters. The zero-order valence-corrected chi connectivity index (χ0v) is 23.9. The summed E-state index contributed by atoms with van der Waals surface area (Å²) in [6.45, 7) is 0.238. The average molecular weight is 554 g/mol. The van der Waals surface area contributed by atoms with Gasteiger partial charge in [0, 0.05) is 17.9 Å². The second-order valence-corrected chi connectivity index (χ2v) is 12.0. The van der Waals surface area contributed by atoms with Crippen LogP contribution in [0.2, 0.25) is 0 Å². The van der Waals surface area contributed by atoms with E-state index in [-0.39, 0.29) is 19.8 Å². The summed E-state index contributed by atoms with van der Waals surface area (Å²) in [7, 11) is 0. The van der Waals surface area contributed by atoms with E-state index in [1.807, 2.05) is 6.07 Å². The number of nitrogens with one attached hydrogen (secondary N) is 1. The van der Waals surface area contributed by atoms with Gasteiger partial charge in [0.2, 0.25) is 0 Å². The third-order valence-electron chi connectivity index (χ3n) is 9.69. The molecule has 2 saturated carbocycles. The molecule has 216 valence electrons. The molecule has 5 nitrogen and oxygen atoms in total. The summed E-state index contributed by atoms with van der Waals surface area (Å²) in [5.74, 6) is 1.75. The average Bonchev–Trinajstić information content (AvgIpc) is 3.80. The van der Waals surface area contributed by atoms with Gasteiger partial charge in [-0.25, -0.2) is 0 Å². The van der Waals surface area contributed by atoms with E-state index < -0.39 is 5.41 Å². The summed E-state index contributed by atoms with van der Waals surface area (Å²) in [6.07, 6.45) is 12.4. The van der Waals surface area contributed by atoms with Gasteiger partial charge in [-0.3, -0.25) is 0 Å². The van der Waals surface area contributed by atoms with Crippen LogP contribution in [0, 0.1) is 0 Å². The second-order valence-electron chi connectivity index (χ2n) is 12.0. The number of benzene rings is 3. The van der Waals surface area contributed by atoms with Crippen molar-refractivity contribution in [2.75, 3.05) is 25.1 Å². The highest BCUT2D eigenvalue weighted by atomic mass is 16.5. The topological polar surface area (TPSA) is 82.0 Å². The van der Waals surface area contributed by atoms with Crippen molar-refractivity contribution in [2.45, 2.75) is 81.5 Å². The molecule has 6 rings (SSSR count). The Balaban J connectivity index is 1.67. The summed E-state index contributed by atoms with van der Waals surface area (Å²) in [4.78, 5) is 0. The monoisotopic (exact) mass is 553 g/mol. The van der Waals surface area contributed by atoms with Gasteiger partial charge in [0.25, 0.3) is 0 Å². The maximum Gasteiger partial charge on any atom is 0.124 e. The van der Waals surface area contributed by atoms with Crippen molar-refractivity contribution in [3.05, 3.63) is 106 Å². The lowest BCUT2D eigenvalue weighted by atomic mass is 9.65. The quantitative estimate of drug-likeness (QED) is 0.196. The number of fused-ring (bicyclic) bond motifs is 1. The lowest BCUT2D eigenvalue weighted by molar-refractivity contribution is 0.199. The Morgan fingerprint density at radius 1 is 0.780 bits per heavy atom. The predicted molar refractivity (Wildman–Crippen MR) is 164 cm³/mol. The maximum atomic E-state index is 10.9. The zero-order valence-electron chi connectivity index (χ0n) is 23.9. The fourth-order valence-corrected chi connectivity index (χ4v) is 7.74. The van der Waals surface area contributed by atoms with E-state index in [1.165, 1.54) is 68.8 Å². The molecule has 1 aliphatic heterocycles. The Hall–Kier alpha value is -3.28. The van der Waals surface area contributed by atoms with E-state index in [4.69, 9.17) is 4.74 Å². The van der Waals surface area contributed by atoms with E-state index in [0.717, 1.165) is 40.1 Å². The van der Waals surface area contributed by atoms with Gasteiger partial charge in [-0.1, -0.05) is 74.2 Å². The minimum Gasteiger partial charge on any atom is -0.514 e. The number of aryl methyl sites for hydroxylation is 1. The lowest BCUT2D eigenvalue weighted by Gasteiger charge is -2.36. The van der Waals surface area contributed by atoms with Crippen LogP contribution in [0.25, 0.3) is 0 Å². The molecule has 3 aromatic carbocycles. The Morgan fingerprint density at radius 3 is 2.10 bits per heavy atom. The Labute approximate surface area is 243 Å². The van der Waals surface area contributed by atoms with Crippen LogP contribution in [0.15, 0.2) is 72.6 Å². The van der Waals surface area contributed by atoms with Crippen molar-refractivity contribution in [3.63, 3.8) is 0 Å². The molecule has 0 radical (unpaired) electrons. The lowest BCUT2D eigenvalue weighted by Crippen LogP contribution is -2.32. The van der Waals surface area contributed by atoms with Gasteiger partial charge >= 0.3 is 0 Å². The summed E-state index contributed by atoms with van der Waals surface area (Å²) in [6, 6.07) is 21.8. The fourth-order valence-electron chi connectivity index (χ4n) is 7.74. The molecule has 1 heterocycles. The molecule has 3 aliphatic rings. The van der Waals surface area contributed by atoms with Gasteiger partial charge < -0.3 is 25.4 Å². The molecule has 0 aromatic heterocycles. The zero-order chi connectivity index (χ0) is 28.2. The molecule has 41 heavy (non-hydrogen) atoms. The molecule has 0 bridgehead atoms. The molecule has 0 saturated heterocycles. The molecule has 3 aromatic rings. The van der Waals surface area contributed by atoms with Gasteiger partial charge in [0.15, 0.2) is 0 Å². The normalized spacial score (nSPS) is 21.9. The largest absolute Gasteiger partial charge is 0.514 e. The molecule has 4 N–H and O–H groups in total. The number of hydrogen-bond donors (Lipinski definition) is 4. The number of aliphatic hydroxyl groups excluding tert-OH is 3. The van der Waals surface area contributed by atoms with E-state index in [1.54, 1.807) is 0 Å². The van der Waals surface area contributed by atoms with Gasteiger partial charge in [-0.05, 0) is 90.3 Å². The van der Waals surface area contributed by atoms with Crippen LogP contribution in [0.5, 0.6) is 5.75 Å². The third-order valence-corrected chi connectivity index (χ3v) is 9.69. The highest BCUT2D eigenvalue weighted by molar-refractivity contribution is 5.79. The highest BCUT2D eigenvalue weighted by Crippen LogP contribution is 2.56. The van der Waals surface area contributed by atoms with Gasteiger partial charge in [-0.2, -0.15) is 0 Å². The first-order valence-corrected chi connectivity index (χ1v) is 15.5. The van der Waals surface area contributed by atoms with E-state index in [0.29, 0.717) is 24.0 Å². The Morgan fingerprint density at radius 2 is 1.44 bits per heavy atom. The van der Waals surface area contributed by atoms with Crippen molar-refractivity contribution in [1.29, 1.82) is 0 Å². The molecule has 5 heteroatoms. The smallest absolute Gasteiger partial charge is 0.124 e. The molecule has 0 spiro atoms.